The minimum atomic E-state index is 0.0182. The van der Waals surface area contributed by atoms with Crippen molar-refractivity contribution in [2.24, 2.45) is 11.7 Å². The highest BCUT2D eigenvalue weighted by molar-refractivity contribution is 5.90. The van der Waals surface area contributed by atoms with Crippen molar-refractivity contribution >= 4 is 11.6 Å². The van der Waals surface area contributed by atoms with Gasteiger partial charge in [-0.15, -0.1) is 0 Å². The molecule has 0 aromatic heterocycles. The molecule has 0 radical (unpaired) electrons. The lowest BCUT2D eigenvalue weighted by molar-refractivity contribution is -0.116. The Morgan fingerprint density at radius 2 is 2.27 bits per heavy atom. The highest BCUT2D eigenvalue weighted by Crippen LogP contribution is 2.26. The van der Waals surface area contributed by atoms with Crippen molar-refractivity contribution in [3.05, 3.63) is 29.8 Å². The molecule has 0 saturated heterocycles. The number of benzene rings is 1. The summed E-state index contributed by atoms with van der Waals surface area (Å²) < 4.78 is 6.04. The Balaban J connectivity index is 1.81. The van der Waals surface area contributed by atoms with Gasteiger partial charge in [0.25, 0.3) is 0 Å². The van der Waals surface area contributed by atoms with Crippen LogP contribution in [0.5, 0.6) is 0 Å². The van der Waals surface area contributed by atoms with Crippen molar-refractivity contribution in [1.29, 1.82) is 0 Å². The Morgan fingerprint density at radius 1 is 1.41 bits per heavy atom. The summed E-state index contributed by atoms with van der Waals surface area (Å²) in [6.07, 6.45) is 6.49. The standard InChI is InChI=1S/C18H28N2O2/c1-14-5-2-8-17(11-14)22-13-15-6-3-7-16(12-15)20-18(21)9-4-10-19/h3,6-7,12,14,17H,2,4-5,8-11,13,19H2,1H3,(H,20,21). The largest absolute Gasteiger partial charge is 0.374 e. The maximum absolute atomic E-state index is 11.7. The Labute approximate surface area is 133 Å². The highest BCUT2D eigenvalue weighted by Gasteiger charge is 2.19. The lowest BCUT2D eigenvalue weighted by Crippen LogP contribution is -2.21. The van der Waals surface area contributed by atoms with Crippen molar-refractivity contribution in [2.45, 2.75) is 58.2 Å². The van der Waals surface area contributed by atoms with Gasteiger partial charge in [0.15, 0.2) is 0 Å². The predicted molar refractivity (Wildman–Crippen MR) is 89.6 cm³/mol. The minimum absolute atomic E-state index is 0.0182. The Kier molecular flexibility index (Phi) is 6.87. The van der Waals surface area contributed by atoms with Crippen LogP contribution in [-0.2, 0) is 16.1 Å². The molecule has 1 aromatic rings. The number of nitrogens with one attached hydrogen (secondary N) is 1. The zero-order chi connectivity index (χ0) is 15.8. The summed E-state index contributed by atoms with van der Waals surface area (Å²) in [4.78, 5) is 11.7. The average molecular weight is 304 g/mol. The van der Waals surface area contributed by atoms with Crippen LogP contribution >= 0.6 is 0 Å². The third kappa shape index (κ3) is 5.78. The summed E-state index contributed by atoms with van der Waals surface area (Å²) in [5, 5.41) is 2.91. The van der Waals surface area contributed by atoms with Gasteiger partial charge in [-0.3, -0.25) is 4.79 Å². The SMILES string of the molecule is CC1CCCC(OCc2cccc(NC(=O)CCCN)c2)C1. The normalized spacial score (nSPS) is 21.5. The van der Waals surface area contributed by atoms with Crippen LogP contribution in [0.4, 0.5) is 5.69 Å². The maximum Gasteiger partial charge on any atom is 0.224 e. The molecule has 1 fully saturated rings. The molecule has 1 saturated carbocycles. The van der Waals surface area contributed by atoms with E-state index < -0.39 is 0 Å². The molecular weight excluding hydrogens is 276 g/mol. The van der Waals surface area contributed by atoms with Gasteiger partial charge in [-0.25, -0.2) is 0 Å². The zero-order valence-electron chi connectivity index (χ0n) is 13.5. The van der Waals surface area contributed by atoms with Gasteiger partial charge in [0.1, 0.15) is 0 Å². The monoisotopic (exact) mass is 304 g/mol. The van der Waals surface area contributed by atoms with Crippen molar-refractivity contribution in [3.63, 3.8) is 0 Å². The van der Waals surface area contributed by atoms with E-state index in [1.54, 1.807) is 0 Å². The summed E-state index contributed by atoms with van der Waals surface area (Å²) in [6.45, 7) is 3.46. The first-order chi connectivity index (χ1) is 10.7. The molecule has 0 aliphatic heterocycles. The van der Waals surface area contributed by atoms with Crippen molar-refractivity contribution in [1.82, 2.24) is 0 Å². The fraction of sp³-hybridized carbons (Fsp3) is 0.611. The maximum atomic E-state index is 11.7. The number of ether oxygens (including phenoxy) is 1. The number of carbonyl (C=O) groups is 1. The second-order valence-corrected chi connectivity index (χ2v) is 6.35. The summed E-state index contributed by atoms with van der Waals surface area (Å²) >= 11 is 0. The third-order valence-corrected chi connectivity index (χ3v) is 4.19. The van der Waals surface area contributed by atoms with Gasteiger partial charge in [0.2, 0.25) is 5.91 Å². The fourth-order valence-corrected chi connectivity index (χ4v) is 2.97. The van der Waals surface area contributed by atoms with Crippen LogP contribution in [0, 0.1) is 5.92 Å². The molecule has 2 atom stereocenters. The lowest BCUT2D eigenvalue weighted by Gasteiger charge is -2.26. The number of hydrogen-bond acceptors (Lipinski definition) is 3. The van der Waals surface area contributed by atoms with Crippen LogP contribution in [0.15, 0.2) is 24.3 Å². The number of rotatable bonds is 7. The molecule has 3 N–H and O–H groups in total. The molecular formula is C18H28N2O2. The Bertz CT molecular complexity index is 476. The van der Waals surface area contributed by atoms with E-state index in [0.717, 1.165) is 23.6 Å². The number of anilines is 1. The molecule has 1 aliphatic rings. The molecule has 0 spiro atoms. The van der Waals surface area contributed by atoms with Crippen LogP contribution in [-0.4, -0.2) is 18.6 Å². The molecule has 122 valence electrons. The van der Waals surface area contributed by atoms with Crippen LogP contribution in [0.1, 0.15) is 51.0 Å². The van der Waals surface area contributed by atoms with E-state index in [-0.39, 0.29) is 5.91 Å². The average Bonchev–Trinajstić information content (AvgIpc) is 2.51. The lowest BCUT2D eigenvalue weighted by atomic mass is 9.89. The van der Waals surface area contributed by atoms with Crippen molar-refractivity contribution in [2.75, 3.05) is 11.9 Å². The van der Waals surface area contributed by atoms with Crippen LogP contribution in [0.3, 0.4) is 0 Å². The van der Waals surface area contributed by atoms with E-state index in [1.165, 1.54) is 19.3 Å². The van der Waals surface area contributed by atoms with E-state index in [0.29, 0.717) is 32.1 Å². The van der Waals surface area contributed by atoms with E-state index in [9.17, 15) is 4.79 Å². The molecule has 1 aliphatic carbocycles. The van der Waals surface area contributed by atoms with E-state index >= 15 is 0 Å². The first-order valence-corrected chi connectivity index (χ1v) is 8.38. The van der Waals surface area contributed by atoms with E-state index in [2.05, 4.69) is 12.2 Å². The Morgan fingerprint density at radius 3 is 3.05 bits per heavy atom. The topological polar surface area (TPSA) is 64.3 Å². The van der Waals surface area contributed by atoms with Gasteiger partial charge in [-0.1, -0.05) is 31.9 Å². The zero-order valence-corrected chi connectivity index (χ0v) is 13.5. The Hall–Kier alpha value is -1.39. The van der Waals surface area contributed by atoms with Gasteiger partial charge < -0.3 is 15.8 Å². The van der Waals surface area contributed by atoms with Crippen LogP contribution in [0.25, 0.3) is 0 Å². The molecule has 22 heavy (non-hydrogen) atoms. The number of hydrogen-bond donors (Lipinski definition) is 2. The number of nitrogens with two attached hydrogens (primary N) is 1. The third-order valence-electron chi connectivity index (χ3n) is 4.19. The fourth-order valence-electron chi connectivity index (χ4n) is 2.97. The van der Waals surface area contributed by atoms with Crippen molar-refractivity contribution in [3.8, 4) is 0 Å². The summed E-state index contributed by atoms with van der Waals surface area (Å²) in [5.41, 5.74) is 7.36. The summed E-state index contributed by atoms with van der Waals surface area (Å²) in [6, 6.07) is 7.90. The van der Waals surface area contributed by atoms with Gasteiger partial charge >= 0.3 is 0 Å². The molecule has 0 bridgehead atoms. The summed E-state index contributed by atoms with van der Waals surface area (Å²) in [7, 11) is 0. The molecule has 2 unspecified atom stereocenters. The smallest absolute Gasteiger partial charge is 0.224 e. The van der Waals surface area contributed by atoms with Gasteiger partial charge in [0, 0.05) is 12.1 Å². The predicted octanol–water partition coefficient (Wildman–Crippen LogP) is 3.46. The highest BCUT2D eigenvalue weighted by atomic mass is 16.5. The number of carbonyl (C=O) groups excluding carboxylic acids is 1. The first-order valence-electron chi connectivity index (χ1n) is 8.38. The second-order valence-electron chi connectivity index (χ2n) is 6.35. The molecule has 0 heterocycles. The first kappa shape index (κ1) is 17.0. The number of amides is 1. The second kappa shape index (κ2) is 8.91. The molecule has 4 heteroatoms. The van der Waals surface area contributed by atoms with Crippen LogP contribution < -0.4 is 11.1 Å². The molecule has 1 amide bonds. The van der Waals surface area contributed by atoms with Crippen LogP contribution in [0.2, 0.25) is 0 Å². The van der Waals surface area contributed by atoms with E-state index in [1.807, 2.05) is 24.3 Å². The molecule has 1 aromatic carbocycles. The van der Waals surface area contributed by atoms with Crippen molar-refractivity contribution < 1.29 is 9.53 Å². The molecule has 4 nitrogen and oxygen atoms in total. The van der Waals surface area contributed by atoms with E-state index in [4.69, 9.17) is 10.5 Å². The summed E-state index contributed by atoms with van der Waals surface area (Å²) in [5.74, 6) is 0.788. The van der Waals surface area contributed by atoms with Gasteiger partial charge in [-0.2, -0.15) is 0 Å². The van der Waals surface area contributed by atoms with Gasteiger partial charge in [0.05, 0.1) is 12.7 Å². The quantitative estimate of drug-likeness (QED) is 0.811. The van der Waals surface area contributed by atoms with Gasteiger partial charge in [-0.05, 0) is 49.4 Å². The molecule has 2 rings (SSSR count). The minimum Gasteiger partial charge on any atom is -0.374 e.